The predicted molar refractivity (Wildman–Crippen MR) is 117 cm³/mol. The lowest BCUT2D eigenvalue weighted by Crippen LogP contribution is -2.42. The normalized spacial score (nSPS) is 15.5. The van der Waals surface area contributed by atoms with Gasteiger partial charge in [0.05, 0.1) is 17.7 Å². The first-order chi connectivity index (χ1) is 13.5. The highest BCUT2D eigenvalue weighted by Gasteiger charge is 2.23. The third-order valence-electron chi connectivity index (χ3n) is 5.96. The minimum absolute atomic E-state index is 0.0740. The summed E-state index contributed by atoms with van der Waals surface area (Å²) in [6.45, 7) is 4.71. The van der Waals surface area contributed by atoms with Crippen LogP contribution in [0.2, 0.25) is 0 Å². The second-order valence-corrected chi connectivity index (χ2v) is 8.14. The van der Waals surface area contributed by atoms with Gasteiger partial charge in [-0.05, 0) is 51.6 Å². The Hall–Kier alpha value is -2.59. The summed E-state index contributed by atoms with van der Waals surface area (Å²) in [6.07, 6.45) is 2.26. The van der Waals surface area contributed by atoms with Crippen LogP contribution in [-0.2, 0) is 6.54 Å². The molecule has 0 aliphatic carbocycles. The number of rotatable bonds is 4. The molecule has 0 bridgehead atoms. The summed E-state index contributed by atoms with van der Waals surface area (Å²) in [5.74, 6) is 0. The zero-order chi connectivity index (χ0) is 19.7. The van der Waals surface area contributed by atoms with E-state index in [1.165, 1.54) is 10.9 Å². The molecule has 0 radical (unpaired) electrons. The van der Waals surface area contributed by atoms with Gasteiger partial charge in [-0.1, -0.05) is 42.0 Å². The Bertz CT molecular complexity index is 1020. The van der Waals surface area contributed by atoms with Crippen LogP contribution in [0.5, 0.6) is 0 Å². The fourth-order valence-corrected chi connectivity index (χ4v) is 4.30. The lowest BCUT2D eigenvalue weighted by molar-refractivity contribution is 0.250. The second-order valence-electron chi connectivity index (χ2n) is 8.14. The number of anilines is 1. The van der Waals surface area contributed by atoms with E-state index in [0.717, 1.165) is 42.7 Å². The Morgan fingerprint density at radius 1 is 1.00 bits per heavy atom. The van der Waals surface area contributed by atoms with Gasteiger partial charge in [-0.25, -0.2) is 0 Å². The zero-order valence-corrected chi connectivity index (χ0v) is 17.1. The molecule has 1 fully saturated rings. The van der Waals surface area contributed by atoms with Gasteiger partial charge in [-0.3, -0.25) is 4.79 Å². The summed E-state index contributed by atoms with van der Waals surface area (Å²) < 4.78 is 1.90. The average Bonchev–Trinajstić information content (AvgIpc) is 2.71. The summed E-state index contributed by atoms with van der Waals surface area (Å²) in [4.78, 5) is 17.8. The molecule has 1 aliphatic heterocycles. The fraction of sp³-hybridized carbons (Fsp3) is 0.375. The smallest absolute Gasteiger partial charge is 0.253 e. The molecule has 0 saturated carbocycles. The van der Waals surface area contributed by atoms with Gasteiger partial charge in [0.25, 0.3) is 5.56 Å². The van der Waals surface area contributed by atoms with Gasteiger partial charge in [0.15, 0.2) is 0 Å². The minimum atomic E-state index is 0.0740. The Morgan fingerprint density at radius 2 is 1.71 bits per heavy atom. The molecule has 0 N–H and O–H groups in total. The Labute approximate surface area is 167 Å². The lowest BCUT2D eigenvalue weighted by atomic mass is 10.0. The number of hydrogen-bond acceptors (Lipinski definition) is 3. The SMILES string of the molecule is Cc1ccc2c(c1)c(N1CCC(N(C)C)CC1)cc(=O)n2Cc1ccccc1. The molecule has 4 heteroatoms. The van der Waals surface area contributed by atoms with Gasteiger partial charge in [0, 0.05) is 30.6 Å². The molecule has 1 aliphatic rings. The quantitative estimate of drug-likeness (QED) is 0.693. The third kappa shape index (κ3) is 3.69. The third-order valence-corrected chi connectivity index (χ3v) is 5.96. The number of aromatic nitrogens is 1. The van der Waals surface area contributed by atoms with Crippen molar-refractivity contribution in [3.63, 3.8) is 0 Å². The van der Waals surface area contributed by atoms with Crippen LogP contribution in [0, 0.1) is 6.92 Å². The van der Waals surface area contributed by atoms with E-state index in [-0.39, 0.29) is 5.56 Å². The minimum Gasteiger partial charge on any atom is -0.371 e. The van der Waals surface area contributed by atoms with Crippen molar-refractivity contribution < 1.29 is 0 Å². The number of fused-ring (bicyclic) bond motifs is 1. The molecule has 4 rings (SSSR count). The maximum atomic E-state index is 13.1. The van der Waals surface area contributed by atoms with E-state index in [4.69, 9.17) is 0 Å². The van der Waals surface area contributed by atoms with Crippen LogP contribution in [0.15, 0.2) is 59.4 Å². The summed E-state index contributed by atoms with van der Waals surface area (Å²) in [7, 11) is 4.31. The van der Waals surface area contributed by atoms with E-state index in [1.807, 2.05) is 28.8 Å². The molecule has 0 amide bonds. The summed E-state index contributed by atoms with van der Waals surface area (Å²) in [5, 5.41) is 1.18. The van der Waals surface area contributed by atoms with E-state index in [2.05, 4.69) is 61.2 Å². The van der Waals surface area contributed by atoms with Crippen molar-refractivity contribution in [2.75, 3.05) is 32.1 Å². The molecule has 1 saturated heterocycles. The number of nitrogens with zero attached hydrogens (tertiary/aromatic N) is 3. The van der Waals surface area contributed by atoms with E-state index < -0.39 is 0 Å². The van der Waals surface area contributed by atoms with Gasteiger partial charge in [-0.2, -0.15) is 0 Å². The summed E-state index contributed by atoms with van der Waals surface area (Å²) in [6, 6.07) is 19.1. The van der Waals surface area contributed by atoms with Gasteiger partial charge in [0.1, 0.15) is 0 Å². The number of hydrogen-bond donors (Lipinski definition) is 0. The van der Waals surface area contributed by atoms with E-state index in [1.54, 1.807) is 0 Å². The fourth-order valence-electron chi connectivity index (χ4n) is 4.30. The van der Waals surface area contributed by atoms with Crippen LogP contribution in [0.1, 0.15) is 24.0 Å². The standard InChI is InChI=1S/C24H29N3O/c1-18-9-10-22-21(15-18)23(26-13-11-20(12-14-26)25(2)3)16-24(28)27(22)17-19-7-5-4-6-8-19/h4-10,15-16,20H,11-14,17H2,1-3H3. The van der Waals surface area contributed by atoms with Gasteiger partial charge in [-0.15, -0.1) is 0 Å². The first-order valence-corrected chi connectivity index (χ1v) is 10.1. The topological polar surface area (TPSA) is 28.5 Å². The molecule has 0 unspecified atom stereocenters. The molecular formula is C24H29N3O. The van der Waals surface area contributed by atoms with Crippen LogP contribution in [0.3, 0.4) is 0 Å². The van der Waals surface area contributed by atoms with Crippen molar-refractivity contribution in [1.82, 2.24) is 9.47 Å². The predicted octanol–water partition coefficient (Wildman–Crippen LogP) is 3.89. The van der Waals surface area contributed by atoms with Crippen LogP contribution in [-0.4, -0.2) is 42.7 Å². The number of piperidine rings is 1. The number of pyridine rings is 1. The van der Waals surface area contributed by atoms with Crippen LogP contribution in [0.4, 0.5) is 5.69 Å². The van der Waals surface area contributed by atoms with Crippen molar-refractivity contribution in [1.29, 1.82) is 0 Å². The molecule has 1 aromatic heterocycles. The molecule has 2 heterocycles. The summed E-state index contributed by atoms with van der Waals surface area (Å²) in [5.41, 5.74) is 4.55. The molecule has 4 nitrogen and oxygen atoms in total. The van der Waals surface area contributed by atoms with Gasteiger partial charge >= 0.3 is 0 Å². The van der Waals surface area contributed by atoms with E-state index >= 15 is 0 Å². The Morgan fingerprint density at radius 3 is 2.39 bits per heavy atom. The second kappa shape index (κ2) is 7.80. The maximum Gasteiger partial charge on any atom is 0.253 e. The molecule has 146 valence electrons. The van der Waals surface area contributed by atoms with Crippen LogP contribution >= 0.6 is 0 Å². The lowest BCUT2D eigenvalue weighted by Gasteiger charge is -2.37. The highest BCUT2D eigenvalue weighted by atomic mass is 16.1. The molecule has 0 spiro atoms. The van der Waals surface area contributed by atoms with Crippen LogP contribution < -0.4 is 10.5 Å². The largest absolute Gasteiger partial charge is 0.371 e. The number of aryl methyl sites for hydroxylation is 1. The van der Waals surface area contributed by atoms with Crippen molar-refractivity contribution in [2.24, 2.45) is 0 Å². The molecule has 3 aromatic rings. The number of benzene rings is 2. The maximum absolute atomic E-state index is 13.1. The van der Waals surface area contributed by atoms with Crippen molar-refractivity contribution in [3.05, 3.63) is 76.1 Å². The first kappa shape index (κ1) is 18.8. The van der Waals surface area contributed by atoms with Crippen molar-refractivity contribution in [3.8, 4) is 0 Å². The van der Waals surface area contributed by atoms with E-state index in [9.17, 15) is 4.79 Å². The monoisotopic (exact) mass is 375 g/mol. The zero-order valence-electron chi connectivity index (χ0n) is 17.1. The highest BCUT2D eigenvalue weighted by Crippen LogP contribution is 2.29. The first-order valence-electron chi connectivity index (χ1n) is 10.1. The molecular weight excluding hydrogens is 346 g/mol. The molecule has 2 aromatic carbocycles. The highest BCUT2D eigenvalue weighted by molar-refractivity contribution is 5.92. The van der Waals surface area contributed by atoms with Crippen molar-refractivity contribution in [2.45, 2.75) is 32.4 Å². The van der Waals surface area contributed by atoms with Crippen LogP contribution in [0.25, 0.3) is 10.9 Å². The van der Waals surface area contributed by atoms with Gasteiger partial charge < -0.3 is 14.4 Å². The Balaban J connectivity index is 1.76. The van der Waals surface area contributed by atoms with Crippen molar-refractivity contribution >= 4 is 16.6 Å². The molecule has 28 heavy (non-hydrogen) atoms. The van der Waals surface area contributed by atoms with E-state index in [0.29, 0.717) is 12.6 Å². The summed E-state index contributed by atoms with van der Waals surface area (Å²) >= 11 is 0. The molecule has 0 atom stereocenters. The van der Waals surface area contributed by atoms with Gasteiger partial charge in [0.2, 0.25) is 0 Å². The average molecular weight is 376 g/mol. The Kier molecular flexibility index (Phi) is 5.23.